The van der Waals surface area contributed by atoms with E-state index in [-0.39, 0.29) is 10.8 Å². The third kappa shape index (κ3) is 5.71. The molecule has 10 aromatic carbocycles. The normalized spacial score (nSPS) is 14.2. The van der Waals surface area contributed by atoms with Crippen molar-refractivity contribution in [2.45, 2.75) is 65.2 Å². The first kappa shape index (κ1) is 42.3. The van der Waals surface area contributed by atoms with Crippen molar-refractivity contribution in [1.29, 1.82) is 0 Å². The molecule has 3 aromatic heterocycles. The lowest BCUT2D eigenvalue weighted by atomic mass is 9.71. The van der Waals surface area contributed by atoms with Gasteiger partial charge in [0, 0.05) is 59.8 Å². The molecule has 2 aliphatic rings. The lowest BCUT2D eigenvalue weighted by Gasteiger charge is -2.31. The van der Waals surface area contributed by atoms with E-state index in [4.69, 9.17) is 13.3 Å². The number of para-hydroxylation sites is 6. The van der Waals surface area contributed by atoms with E-state index in [9.17, 15) is 0 Å². The molecule has 2 aliphatic carbocycles. The Morgan fingerprint density at radius 2 is 0.699 bits per heavy atom. The first-order chi connectivity index (χ1) is 35.6. The maximum absolute atomic E-state index is 6.73. The number of hydrogen-bond acceptors (Lipinski definition) is 3. The van der Waals surface area contributed by atoms with Gasteiger partial charge in [0.2, 0.25) is 0 Å². The van der Waals surface area contributed by atoms with E-state index in [0.717, 1.165) is 112 Å². The van der Waals surface area contributed by atoms with Crippen molar-refractivity contribution >= 4 is 65.8 Å². The maximum atomic E-state index is 6.73. The average molecular weight is 941 g/mol. The second-order valence-electron chi connectivity index (χ2n) is 21.5. The Hall–Kier alpha value is -8.40. The van der Waals surface area contributed by atoms with Gasteiger partial charge in [0.1, 0.15) is 33.5 Å². The summed E-state index contributed by atoms with van der Waals surface area (Å²) in [5.41, 5.74) is 28.0. The number of hydrogen-bond donors (Lipinski definition) is 0. The second-order valence-corrected chi connectivity index (χ2v) is 21.5. The van der Waals surface area contributed by atoms with Gasteiger partial charge in [-0.2, -0.15) is 0 Å². The SMILES string of the molecule is CCc1ccc(-c2cccc3c2oc2ccccc23)cc1-c1c(CC)c2c(c3c1C(C)(C)c1ccc(-c4cccc5c4oc4ccccc45)cc1-3)C(C)(C)c1ccc(-c3cccc4c3oc3ccccc34)cc1-2. The molecule has 0 radical (unpaired) electrons. The molecule has 0 atom stereocenters. The Balaban J connectivity index is 1.04. The van der Waals surface area contributed by atoms with Crippen LogP contribution < -0.4 is 0 Å². The molecule has 0 aliphatic heterocycles. The van der Waals surface area contributed by atoms with Crippen molar-refractivity contribution < 1.29 is 13.3 Å². The minimum absolute atomic E-state index is 0.320. The fraction of sp³-hybridized carbons (Fsp3) is 0.143. The average Bonchev–Trinajstić information content (AvgIpc) is 4.21. The zero-order valence-electron chi connectivity index (χ0n) is 42.0. The van der Waals surface area contributed by atoms with Gasteiger partial charge in [0.05, 0.1) is 0 Å². The summed E-state index contributed by atoms with van der Waals surface area (Å²) in [7, 11) is 0. The van der Waals surface area contributed by atoms with Crippen molar-refractivity contribution in [3.8, 4) is 66.8 Å². The molecule has 0 saturated carbocycles. The van der Waals surface area contributed by atoms with E-state index >= 15 is 0 Å². The third-order valence-corrected chi connectivity index (χ3v) is 17.0. The molecule has 0 fully saturated rings. The lowest BCUT2D eigenvalue weighted by molar-refractivity contribution is 0.647. The van der Waals surface area contributed by atoms with Crippen molar-refractivity contribution in [3.63, 3.8) is 0 Å². The quantitative estimate of drug-likeness (QED) is 0.167. The minimum Gasteiger partial charge on any atom is -0.455 e. The van der Waals surface area contributed by atoms with Crippen LogP contribution in [0.4, 0.5) is 0 Å². The van der Waals surface area contributed by atoms with E-state index in [1.165, 1.54) is 66.8 Å². The van der Waals surface area contributed by atoms with Gasteiger partial charge in [-0.3, -0.25) is 0 Å². The van der Waals surface area contributed by atoms with Crippen LogP contribution in [0.15, 0.2) is 195 Å². The van der Waals surface area contributed by atoms with E-state index < -0.39 is 0 Å². The highest BCUT2D eigenvalue weighted by Crippen LogP contribution is 2.64. The Morgan fingerprint density at radius 3 is 1.12 bits per heavy atom. The van der Waals surface area contributed by atoms with E-state index in [1.807, 2.05) is 0 Å². The fourth-order valence-electron chi connectivity index (χ4n) is 13.7. The summed E-state index contributed by atoms with van der Waals surface area (Å²) in [4.78, 5) is 0. The second kappa shape index (κ2) is 15.1. The summed E-state index contributed by atoms with van der Waals surface area (Å²) >= 11 is 0. The van der Waals surface area contributed by atoms with Crippen LogP contribution in [0.2, 0.25) is 0 Å². The van der Waals surface area contributed by atoms with Crippen molar-refractivity contribution in [1.82, 2.24) is 0 Å². The van der Waals surface area contributed by atoms with Gasteiger partial charge in [0.25, 0.3) is 0 Å². The Morgan fingerprint density at radius 1 is 0.329 bits per heavy atom. The molecule has 0 bridgehead atoms. The van der Waals surface area contributed by atoms with Crippen molar-refractivity contribution in [3.05, 3.63) is 215 Å². The predicted molar refractivity (Wildman–Crippen MR) is 304 cm³/mol. The molecule has 0 N–H and O–H groups in total. The summed E-state index contributed by atoms with van der Waals surface area (Å²) in [6.45, 7) is 14.6. The van der Waals surface area contributed by atoms with Gasteiger partial charge in [-0.1, -0.05) is 187 Å². The van der Waals surface area contributed by atoms with Crippen LogP contribution in [0.3, 0.4) is 0 Å². The topological polar surface area (TPSA) is 39.4 Å². The number of furan rings is 3. The molecule has 3 nitrogen and oxygen atoms in total. The zero-order valence-corrected chi connectivity index (χ0v) is 42.0. The molecule has 0 saturated heterocycles. The molecule has 0 unspecified atom stereocenters. The van der Waals surface area contributed by atoms with E-state index in [1.54, 1.807) is 0 Å². The molecule has 0 amide bonds. The largest absolute Gasteiger partial charge is 0.455 e. The van der Waals surface area contributed by atoms with Crippen LogP contribution in [0, 0.1) is 0 Å². The van der Waals surface area contributed by atoms with Gasteiger partial charge in [-0.25, -0.2) is 0 Å². The molecule has 0 spiro atoms. The van der Waals surface area contributed by atoms with Crippen LogP contribution in [0.1, 0.15) is 74.9 Å². The van der Waals surface area contributed by atoms with Gasteiger partial charge < -0.3 is 13.3 Å². The molecule has 350 valence electrons. The van der Waals surface area contributed by atoms with Crippen LogP contribution in [-0.4, -0.2) is 0 Å². The van der Waals surface area contributed by atoms with Crippen molar-refractivity contribution in [2.75, 3.05) is 0 Å². The van der Waals surface area contributed by atoms with Crippen LogP contribution in [-0.2, 0) is 23.7 Å². The Labute approximate surface area is 424 Å². The summed E-state index contributed by atoms with van der Waals surface area (Å²) in [5.74, 6) is 0. The first-order valence-corrected chi connectivity index (χ1v) is 26.0. The standard InChI is InChI=1S/C70H52O3/c1-7-39-30-31-40(44-21-15-24-50-47-18-9-12-27-58(47)71-66(44)50)36-53(39)61-43(8-2)62-54-37-41(45-22-16-25-51-48-19-10-13-28-59(48)72-67(45)51)32-34-56(54)69(3,4)65(62)63-55-38-42(33-35-57(55)70(5,6)64(61)63)46-23-17-26-52-49-20-11-14-29-60(49)73-68(46)52/h9-38H,7-8H2,1-6H3. The number of benzene rings is 10. The molecular weight excluding hydrogens is 889 g/mol. The van der Waals surface area contributed by atoms with Gasteiger partial charge in [-0.05, 0) is 133 Å². The van der Waals surface area contributed by atoms with E-state index in [0.29, 0.717) is 0 Å². The van der Waals surface area contributed by atoms with Gasteiger partial charge in [0.15, 0.2) is 0 Å². The molecule has 73 heavy (non-hydrogen) atoms. The molecule has 3 heteroatoms. The Kier molecular flexibility index (Phi) is 8.73. The highest BCUT2D eigenvalue weighted by Gasteiger charge is 2.48. The number of fused-ring (bicyclic) bond motifs is 16. The number of rotatable bonds is 6. The smallest absolute Gasteiger partial charge is 0.143 e. The van der Waals surface area contributed by atoms with Crippen LogP contribution in [0.25, 0.3) is 133 Å². The van der Waals surface area contributed by atoms with Crippen LogP contribution in [0.5, 0.6) is 0 Å². The van der Waals surface area contributed by atoms with Crippen LogP contribution >= 0.6 is 0 Å². The van der Waals surface area contributed by atoms with Gasteiger partial charge in [-0.15, -0.1) is 0 Å². The maximum Gasteiger partial charge on any atom is 0.143 e. The molecular formula is C70H52O3. The first-order valence-electron chi connectivity index (χ1n) is 26.0. The highest BCUT2D eigenvalue weighted by molar-refractivity contribution is 6.13. The zero-order chi connectivity index (χ0) is 49.1. The molecule has 3 heterocycles. The Bertz CT molecular complexity index is 4520. The molecule has 15 rings (SSSR count). The van der Waals surface area contributed by atoms with Gasteiger partial charge >= 0.3 is 0 Å². The van der Waals surface area contributed by atoms with Crippen molar-refractivity contribution in [2.24, 2.45) is 0 Å². The summed E-state index contributed by atoms with van der Waals surface area (Å²) in [6, 6.07) is 66.7. The van der Waals surface area contributed by atoms with E-state index in [2.05, 4.69) is 224 Å². The summed E-state index contributed by atoms with van der Waals surface area (Å²) in [6.07, 6.45) is 1.76. The predicted octanol–water partition coefficient (Wildman–Crippen LogP) is 19.8. The summed E-state index contributed by atoms with van der Waals surface area (Å²) < 4.78 is 20.2. The fourth-order valence-corrected chi connectivity index (χ4v) is 13.7. The minimum atomic E-state index is -0.338. The monoisotopic (exact) mass is 940 g/mol. The lowest BCUT2D eigenvalue weighted by Crippen LogP contribution is -2.21. The summed E-state index contributed by atoms with van der Waals surface area (Å²) in [5, 5.41) is 6.84. The molecule has 13 aromatic rings. The number of aryl methyl sites for hydroxylation is 1. The third-order valence-electron chi connectivity index (χ3n) is 17.0. The highest BCUT2D eigenvalue weighted by atomic mass is 16.3.